The minimum absolute atomic E-state index is 0.0332. The van der Waals surface area contributed by atoms with Gasteiger partial charge in [-0.15, -0.1) is 0 Å². The first-order valence-electron chi connectivity index (χ1n) is 6.59. The van der Waals surface area contributed by atoms with E-state index in [-0.39, 0.29) is 6.04 Å². The molecule has 2 rings (SSSR count). The van der Waals surface area contributed by atoms with Crippen molar-refractivity contribution in [1.82, 2.24) is 5.43 Å². The summed E-state index contributed by atoms with van der Waals surface area (Å²) in [5, 5.41) is 0. The lowest BCUT2D eigenvalue weighted by atomic mass is 9.96. The predicted octanol–water partition coefficient (Wildman–Crippen LogP) is 4.28. The van der Waals surface area contributed by atoms with Crippen LogP contribution in [0.3, 0.4) is 0 Å². The van der Waals surface area contributed by atoms with Crippen LogP contribution >= 0.6 is 31.9 Å². The second-order valence-electron chi connectivity index (χ2n) is 4.88. The molecule has 0 spiro atoms. The van der Waals surface area contributed by atoms with Crippen LogP contribution in [0.1, 0.15) is 22.7 Å². The van der Waals surface area contributed by atoms with Crippen molar-refractivity contribution in [2.24, 2.45) is 5.84 Å². The van der Waals surface area contributed by atoms with E-state index in [1.54, 1.807) is 7.11 Å². The normalized spacial score (nSPS) is 12.2. The molecule has 21 heavy (non-hydrogen) atoms. The molecule has 0 radical (unpaired) electrons. The fourth-order valence-electron chi connectivity index (χ4n) is 2.30. The molecule has 2 aromatic rings. The number of nitrogens with one attached hydrogen (secondary N) is 1. The van der Waals surface area contributed by atoms with Crippen LogP contribution in [-0.2, 0) is 6.42 Å². The maximum absolute atomic E-state index is 5.78. The fraction of sp³-hybridized carbons (Fsp3) is 0.250. The van der Waals surface area contributed by atoms with E-state index in [1.165, 1.54) is 11.1 Å². The van der Waals surface area contributed by atoms with Gasteiger partial charge >= 0.3 is 0 Å². The van der Waals surface area contributed by atoms with Crippen molar-refractivity contribution < 1.29 is 4.74 Å². The number of rotatable bonds is 5. The minimum atomic E-state index is 0.0332. The lowest BCUT2D eigenvalue weighted by Crippen LogP contribution is -2.30. The molecule has 0 saturated heterocycles. The monoisotopic (exact) mass is 412 g/mol. The van der Waals surface area contributed by atoms with Gasteiger partial charge in [0, 0.05) is 8.95 Å². The molecule has 0 saturated carbocycles. The molecular weight excluding hydrogens is 396 g/mol. The summed E-state index contributed by atoms with van der Waals surface area (Å²) in [6, 6.07) is 12.2. The number of hydrogen-bond acceptors (Lipinski definition) is 3. The number of methoxy groups -OCH3 is 1. The van der Waals surface area contributed by atoms with E-state index in [1.807, 2.05) is 24.3 Å². The smallest absolute Gasteiger partial charge is 0.119 e. The number of halogens is 2. The Morgan fingerprint density at radius 2 is 1.95 bits per heavy atom. The van der Waals surface area contributed by atoms with Crippen molar-refractivity contribution in [2.45, 2.75) is 19.4 Å². The van der Waals surface area contributed by atoms with E-state index in [0.29, 0.717) is 0 Å². The summed E-state index contributed by atoms with van der Waals surface area (Å²) in [7, 11) is 1.67. The quantitative estimate of drug-likeness (QED) is 0.568. The largest absolute Gasteiger partial charge is 0.497 e. The fourth-order valence-corrected chi connectivity index (χ4v) is 3.09. The Balaban J connectivity index is 2.33. The summed E-state index contributed by atoms with van der Waals surface area (Å²) in [5.74, 6) is 6.62. The van der Waals surface area contributed by atoms with Crippen molar-refractivity contribution in [3.63, 3.8) is 0 Å². The first-order valence-corrected chi connectivity index (χ1v) is 8.18. The number of hydrazine groups is 1. The molecule has 1 unspecified atom stereocenters. The Morgan fingerprint density at radius 1 is 1.19 bits per heavy atom. The van der Waals surface area contributed by atoms with Gasteiger partial charge in [0.05, 0.1) is 13.2 Å². The number of aryl methyl sites for hydroxylation is 1. The molecule has 0 bridgehead atoms. The molecular formula is C16H18Br2N2O. The average Bonchev–Trinajstić information content (AvgIpc) is 2.49. The van der Waals surface area contributed by atoms with Gasteiger partial charge in [-0.05, 0) is 60.4 Å². The molecule has 112 valence electrons. The number of hydrogen-bond donors (Lipinski definition) is 2. The maximum atomic E-state index is 5.78. The summed E-state index contributed by atoms with van der Waals surface area (Å²) in [6.07, 6.45) is 0.769. The number of ether oxygens (including phenoxy) is 1. The van der Waals surface area contributed by atoms with Crippen LogP contribution in [0.15, 0.2) is 45.3 Å². The zero-order valence-corrected chi connectivity index (χ0v) is 15.2. The third-order valence-electron chi connectivity index (χ3n) is 3.49. The summed E-state index contributed by atoms with van der Waals surface area (Å²) < 4.78 is 7.39. The molecule has 0 fully saturated rings. The van der Waals surface area contributed by atoms with Crippen LogP contribution in [0.25, 0.3) is 0 Å². The predicted molar refractivity (Wildman–Crippen MR) is 93.3 cm³/mol. The van der Waals surface area contributed by atoms with E-state index in [4.69, 9.17) is 10.6 Å². The lowest BCUT2D eigenvalue weighted by molar-refractivity contribution is 0.413. The minimum Gasteiger partial charge on any atom is -0.497 e. The molecule has 0 aliphatic carbocycles. The number of nitrogens with two attached hydrogens (primary N) is 1. The van der Waals surface area contributed by atoms with Crippen molar-refractivity contribution in [2.75, 3.05) is 7.11 Å². The first kappa shape index (κ1) is 16.5. The Bertz CT molecular complexity index is 632. The molecule has 0 aliphatic rings. The molecule has 0 amide bonds. The van der Waals surface area contributed by atoms with E-state index >= 15 is 0 Å². The third-order valence-corrected chi connectivity index (χ3v) is 4.76. The van der Waals surface area contributed by atoms with Crippen LogP contribution in [0.2, 0.25) is 0 Å². The van der Waals surface area contributed by atoms with Gasteiger partial charge in [0.25, 0.3) is 0 Å². The molecule has 0 aliphatic heterocycles. The van der Waals surface area contributed by atoms with Crippen molar-refractivity contribution >= 4 is 31.9 Å². The van der Waals surface area contributed by atoms with E-state index < -0.39 is 0 Å². The molecule has 2 aromatic carbocycles. The van der Waals surface area contributed by atoms with Gasteiger partial charge in [-0.25, -0.2) is 0 Å². The lowest BCUT2D eigenvalue weighted by Gasteiger charge is -2.20. The van der Waals surface area contributed by atoms with Gasteiger partial charge in [-0.3, -0.25) is 11.3 Å². The third kappa shape index (κ3) is 4.07. The van der Waals surface area contributed by atoms with Gasteiger partial charge in [-0.2, -0.15) is 0 Å². The molecule has 0 aromatic heterocycles. The standard InChI is InChI=1S/C16H18Br2N2O/c1-10-3-4-12(17)9-14(10)16(20-19)8-11-7-13(21-2)5-6-15(11)18/h3-7,9,16,20H,8,19H2,1-2H3. The topological polar surface area (TPSA) is 47.3 Å². The second kappa shape index (κ2) is 7.40. The highest BCUT2D eigenvalue weighted by Gasteiger charge is 2.15. The Labute approximate surface area is 142 Å². The van der Waals surface area contributed by atoms with Crippen LogP contribution < -0.4 is 16.0 Å². The van der Waals surface area contributed by atoms with E-state index in [9.17, 15) is 0 Å². The summed E-state index contributed by atoms with van der Waals surface area (Å²) in [5.41, 5.74) is 6.46. The second-order valence-corrected chi connectivity index (χ2v) is 6.65. The Morgan fingerprint density at radius 3 is 2.62 bits per heavy atom. The zero-order chi connectivity index (χ0) is 15.4. The van der Waals surface area contributed by atoms with Gasteiger partial charge in [0.2, 0.25) is 0 Å². The van der Waals surface area contributed by atoms with E-state index in [2.05, 4.69) is 56.3 Å². The summed E-state index contributed by atoms with van der Waals surface area (Å²) in [6.45, 7) is 2.09. The van der Waals surface area contributed by atoms with Crippen LogP contribution in [0.5, 0.6) is 5.75 Å². The van der Waals surface area contributed by atoms with Gasteiger partial charge < -0.3 is 4.74 Å². The summed E-state index contributed by atoms with van der Waals surface area (Å²) >= 11 is 7.11. The van der Waals surface area contributed by atoms with Crippen LogP contribution in [0.4, 0.5) is 0 Å². The SMILES string of the molecule is COc1ccc(Br)c(CC(NN)c2cc(Br)ccc2C)c1. The van der Waals surface area contributed by atoms with Gasteiger partial charge in [0.1, 0.15) is 5.75 Å². The Hall–Kier alpha value is -0.880. The van der Waals surface area contributed by atoms with Crippen molar-refractivity contribution in [3.05, 3.63) is 62.0 Å². The van der Waals surface area contributed by atoms with Gasteiger partial charge in [0.15, 0.2) is 0 Å². The number of benzene rings is 2. The average molecular weight is 414 g/mol. The van der Waals surface area contributed by atoms with Crippen LogP contribution in [-0.4, -0.2) is 7.11 Å². The molecule has 0 heterocycles. The molecule has 3 N–H and O–H groups in total. The summed E-state index contributed by atoms with van der Waals surface area (Å²) in [4.78, 5) is 0. The molecule has 3 nitrogen and oxygen atoms in total. The highest BCUT2D eigenvalue weighted by molar-refractivity contribution is 9.10. The molecule has 1 atom stereocenters. The van der Waals surface area contributed by atoms with Crippen molar-refractivity contribution in [3.8, 4) is 5.75 Å². The highest BCUT2D eigenvalue weighted by atomic mass is 79.9. The zero-order valence-electron chi connectivity index (χ0n) is 12.0. The highest BCUT2D eigenvalue weighted by Crippen LogP contribution is 2.29. The Kier molecular flexibility index (Phi) is 5.81. The van der Waals surface area contributed by atoms with Crippen molar-refractivity contribution in [1.29, 1.82) is 0 Å². The van der Waals surface area contributed by atoms with E-state index in [0.717, 1.165) is 26.7 Å². The van der Waals surface area contributed by atoms with Crippen LogP contribution in [0, 0.1) is 6.92 Å². The van der Waals surface area contributed by atoms with Gasteiger partial charge in [-0.1, -0.05) is 37.9 Å². The first-order chi connectivity index (χ1) is 10.0. The maximum Gasteiger partial charge on any atom is 0.119 e. The molecule has 5 heteroatoms.